The third-order valence-corrected chi connectivity index (χ3v) is 4.77. The molecule has 26 heavy (non-hydrogen) atoms. The molecular weight excluding hydrogens is 326 g/mol. The lowest BCUT2D eigenvalue weighted by atomic mass is 10.0. The first-order valence-corrected chi connectivity index (χ1v) is 9.08. The summed E-state index contributed by atoms with van der Waals surface area (Å²) in [6.45, 7) is 7.06. The van der Waals surface area contributed by atoms with Crippen molar-refractivity contribution >= 4 is 11.9 Å². The van der Waals surface area contributed by atoms with Crippen molar-refractivity contribution in [2.24, 2.45) is 5.92 Å². The number of carbonyl (C=O) groups excluding carboxylic acids is 2. The van der Waals surface area contributed by atoms with E-state index in [0.29, 0.717) is 18.8 Å². The fourth-order valence-electron chi connectivity index (χ4n) is 3.29. The molecule has 136 valence electrons. The summed E-state index contributed by atoms with van der Waals surface area (Å²) in [5.74, 6) is 0.148. The van der Waals surface area contributed by atoms with Crippen molar-refractivity contribution < 1.29 is 14.3 Å². The Morgan fingerprint density at radius 1 is 1.19 bits per heavy atom. The van der Waals surface area contributed by atoms with E-state index in [9.17, 15) is 9.59 Å². The first kappa shape index (κ1) is 18.2. The van der Waals surface area contributed by atoms with Crippen LogP contribution in [0.4, 0.5) is 0 Å². The van der Waals surface area contributed by atoms with Crippen LogP contribution in [0.1, 0.15) is 42.9 Å². The standard InChI is InChI=1S/C22H25NO3/c1-15(2)19-10-9-16(3)11-20(19)26-22(25)18-12-21(24)23(14-18)13-17-7-5-4-6-8-17/h4-11,15,18H,12-14H2,1-3H3/t18-/m0/s1. The van der Waals surface area contributed by atoms with Gasteiger partial charge in [0, 0.05) is 19.5 Å². The van der Waals surface area contributed by atoms with Crippen molar-refractivity contribution in [2.45, 2.75) is 39.7 Å². The molecule has 0 radical (unpaired) electrons. The van der Waals surface area contributed by atoms with E-state index in [0.717, 1.165) is 16.7 Å². The molecule has 4 nitrogen and oxygen atoms in total. The maximum atomic E-state index is 12.6. The van der Waals surface area contributed by atoms with Gasteiger partial charge in [-0.25, -0.2) is 0 Å². The number of ether oxygens (including phenoxy) is 1. The summed E-state index contributed by atoms with van der Waals surface area (Å²) < 4.78 is 5.70. The van der Waals surface area contributed by atoms with Gasteiger partial charge in [-0.3, -0.25) is 9.59 Å². The van der Waals surface area contributed by atoms with Crippen molar-refractivity contribution in [1.82, 2.24) is 4.90 Å². The van der Waals surface area contributed by atoms with Gasteiger partial charge >= 0.3 is 5.97 Å². The number of carbonyl (C=O) groups is 2. The van der Waals surface area contributed by atoms with Crippen LogP contribution in [-0.4, -0.2) is 23.3 Å². The second-order valence-corrected chi connectivity index (χ2v) is 7.28. The monoisotopic (exact) mass is 351 g/mol. The molecule has 1 atom stereocenters. The van der Waals surface area contributed by atoms with Gasteiger partial charge in [0.2, 0.25) is 5.91 Å². The van der Waals surface area contributed by atoms with Gasteiger partial charge in [-0.15, -0.1) is 0 Å². The number of hydrogen-bond donors (Lipinski definition) is 0. The van der Waals surface area contributed by atoms with Crippen LogP contribution < -0.4 is 4.74 Å². The molecule has 1 amide bonds. The SMILES string of the molecule is Cc1ccc(C(C)C)c(OC(=O)[C@H]2CC(=O)N(Cc3ccccc3)C2)c1. The lowest BCUT2D eigenvalue weighted by molar-refractivity contribution is -0.139. The molecule has 0 spiro atoms. The number of likely N-dealkylation sites (tertiary alicyclic amines) is 1. The molecule has 0 aliphatic carbocycles. The van der Waals surface area contributed by atoms with Crippen LogP contribution in [0.3, 0.4) is 0 Å². The van der Waals surface area contributed by atoms with E-state index in [1.165, 1.54) is 0 Å². The molecule has 3 rings (SSSR count). The van der Waals surface area contributed by atoms with Crippen LogP contribution >= 0.6 is 0 Å². The number of amides is 1. The average Bonchev–Trinajstić information content (AvgIpc) is 2.96. The Kier molecular flexibility index (Phi) is 5.40. The number of esters is 1. The van der Waals surface area contributed by atoms with E-state index in [1.54, 1.807) is 4.90 Å². The maximum absolute atomic E-state index is 12.6. The van der Waals surface area contributed by atoms with Gasteiger partial charge in [0.25, 0.3) is 0 Å². The zero-order chi connectivity index (χ0) is 18.7. The Morgan fingerprint density at radius 2 is 1.92 bits per heavy atom. The van der Waals surface area contributed by atoms with E-state index in [2.05, 4.69) is 13.8 Å². The molecule has 2 aromatic rings. The van der Waals surface area contributed by atoms with Crippen LogP contribution in [0, 0.1) is 12.8 Å². The quantitative estimate of drug-likeness (QED) is 0.602. The molecule has 0 aromatic heterocycles. The topological polar surface area (TPSA) is 46.6 Å². The minimum Gasteiger partial charge on any atom is -0.426 e. The third-order valence-electron chi connectivity index (χ3n) is 4.77. The van der Waals surface area contributed by atoms with Crippen LogP contribution in [0.25, 0.3) is 0 Å². The molecule has 1 heterocycles. The lowest BCUT2D eigenvalue weighted by Gasteiger charge is -2.17. The average molecular weight is 351 g/mol. The summed E-state index contributed by atoms with van der Waals surface area (Å²) >= 11 is 0. The summed E-state index contributed by atoms with van der Waals surface area (Å²) in [6, 6.07) is 15.7. The number of benzene rings is 2. The normalized spacial score (nSPS) is 17.0. The van der Waals surface area contributed by atoms with Crippen molar-refractivity contribution in [3.05, 3.63) is 65.2 Å². The summed E-state index contributed by atoms with van der Waals surface area (Å²) in [6.07, 6.45) is 0.217. The molecule has 4 heteroatoms. The number of aryl methyl sites for hydroxylation is 1. The number of rotatable bonds is 5. The Labute approximate surface area is 154 Å². The van der Waals surface area contributed by atoms with Crippen molar-refractivity contribution in [1.29, 1.82) is 0 Å². The molecular formula is C22H25NO3. The first-order chi connectivity index (χ1) is 12.4. The highest BCUT2D eigenvalue weighted by Gasteiger charge is 2.35. The zero-order valence-corrected chi connectivity index (χ0v) is 15.6. The molecule has 1 fully saturated rings. The minimum absolute atomic E-state index is 0.00382. The summed E-state index contributed by atoms with van der Waals surface area (Å²) in [7, 11) is 0. The van der Waals surface area contributed by atoms with E-state index >= 15 is 0 Å². The smallest absolute Gasteiger partial charge is 0.316 e. The van der Waals surface area contributed by atoms with Gasteiger partial charge < -0.3 is 9.64 Å². The molecule has 1 saturated heterocycles. The summed E-state index contributed by atoms with van der Waals surface area (Å²) in [5, 5.41) is 0. The van der Waals surface area contributed by atoms with Crippen LogP contribution in [0.15, 0.2) is 48.5 Å². The highest BCUT2D eigenvalue weighted by atomic mass is 16.5. The van der Waals surface area contributed by atoms with Crippen molar-refractivity contribution in [3.63, 3.8) is 0 Å². The predicted octanol–water partition coefficient (Wildman–Crippen LogP) is 4.07. The van der Waals surface area contributed by atoms with Gasteiger partial charge in [0.1, 0.15) is 5.75 Å². The van der Waals surface area contributed by atoms with Gasteiger partial charge in [-0.1, -0.05) is 56.3 Å². The maximum Gasteiger partial charge on any atom is 0.316 e. The third kappa shape index (κ3) is 4.13. The van der Waals surface area contributed by atoms with Crippen LogP contribution in [0.2, 0.25) is 0 Å². The molecule has 2 aromatic carbocycles. The van der Waals surface area contributed by atoms with E-state index in [-0.39, 0.29) is 24.2 Å². The predicted molar refractivity (Wildman–Crippen MR) is 101 cm³/mol. The Morgan fingerprint density at radius 3 is 2.62 bits per heavy atom. The Hall–Kier alpha value is -2.62. The fraction of sp³-hybridized carbons (Fsp3) is 0.364. The van der Waals surface area contributed by atoms with E-state index in [1.807, 2.05) is 55.5 Å². The van der Waals surface area contributed by atoms with Crippen molar-refractivity contribution in [3.8, 4) is 5.75 Å². The van der Waals surface area contributed by atoms with Gasteiger partial charge in [0.15, 0.2) is 0 Å². The molecule has 0 bridgehead atoms. The fourth-order valence-corrected chi connectivity index (χ4v) is 3.29. The highest BCUT2D eigenvalue weighted by Crippen LogP contribution is 2.29. The number of nitrogens with zero attached hydrogens (tertiary/aromatic N) is 1. The van der Waals surface area contributed by atoms with E-state index < -0.39 is 5.92 Å². The first-order valence-electron chi connectivity index (χ1n) is 9.08. The zero-order valence-electron chi connectivity index (χ0n) is 15.6. The van der Waals surface area contributed by atoms with Gasteiger partial charge in [0.05, 0.1) is 5.92 Å². The summed E-state index contributed by atoms with van der Waals surface area (Å²) in [5.41, 5.74) is 3.12. The van der Waals surface area contributed by atoms with Gasteiger partial charge in [-0.2, -0.15) is 0 Å². The second kappa shape index (κ2) is 7.73. The van der Waals surface area contributed by atoms with Crippen LogP contribution in [-0.2, 0) is 16.1 Å². The Balaban J connectivity index is 1.68. The second-order valence-electron chi connectivity index (χ2n) is 7.28. The molecule has 0 N–H and O–H groups in total. The van der Waals surface area contributed by atoms with Crippen molar-refractivity contribution in [2.75, 3.05) is 6.54 Å². The summed E-state index contributed by atoms with van der Waals surface area (Å²) in [4.78, 5) is 26.7. The Bertz CT molecular complexity index is 798. The van der Waals surface area contributed by atoms with Crippen LogP contribution in [0.5, 0.6) is 5.75 Å². The molecule has 0 saturated carbocycles. The van der Waals surface area contributed by atoms with E-state index in [4.69, 9.17) is 4.74 Å². The highest BCUT2D eigenvalue weighted by molar-refractivity contribution is 5.87. The largest absolute Gasteiger partial charge is 0.426 e. The molecule has 1 aliphatic rings. The molecule has 0 unspecified atom stereocenters. The lowest BCUT2D eigenvalue weighted by Crippen LogP contribution is -2.27. The number of hydrogen-bond acceptors (Lipinski definition) is 3. The molecule has 1 aliphatic heterocycles. The minimum atomic E-state index is -0.410. The van der Waals surface area contributed by atoms with Gasteiger partial charge in [-0.05, 0) is 35.6 Å².